The molecule has 0 aromatic heterocycles. The van der Waals surface area contributed by atoms with Gasteiger partial charge < -0.3 is 5.11 Å². The monoisotopic (exact) mass is 254 g/mol. The van der Waals surface area contributed by atoms with Gasteiger partial charge in [-0.2, -0.15) is 0 Å². The van der Waals surface area contributed by atoms with Gasteiger partial charge in [0.25, 0.3) is 0 Å². The van der Waals surface area contributed by atoms with E-state index in [0.29, 0.717) is 5.41 Å². The first kappa shape index (κ1) is 15.5. The van der Waals surface area contributed by atoms with E-state index in [4.69, 9.17) is 0 Å². The van der Waals surface area contributed by atoms with Crippen LogP contribution in [-0.4, -0.2) is 11.1 Å². The summed E-state index contributed by atoms with van der Waals surface area (Å²) >= 11 is 0. The Kier molecular flexibility index (Phi) is 5.24. The number of rotatable bonds is 5. The van der Waals surface area contributed by atoms with Gasteiger partial charge in [-0.05, 0) is 49.9 Å². The highest BCUT2D eigenvalue weighted by Gasteiger charge is 2.41. The molecule has 18 heavy (non-hydrogen) atoms. The minimum atomic E-state index is -0.550. The van der Waals surface area contributed by atoms with E-state index < -0.39 is 11.4 Å². The zero-order chi connectivity index (χ0) is 13.8. The third-order valence-electron chi connectivity index (χ3n) is 4.68. The fraction of sp³-hybridized carbons (Fsp3) is 0.938. The smallest absolute Gasteiger partial charge is 0.309 e. The minimum absolute atomic E-state index is 0.320. The van der Waals surface area contributed by atoms with Crippen LogP contribution in [0, 0.1) is 16.7 Å². The third kappa shape index (κ3) is 4.29. The number of carboxylic acid groups (broad SMARTS) is 1. The van der Waals surface area contributed by atoms with Gasteiger partial charge in [0, 0.05) is 0 Å². The van der Waals surface area contributed by atoms with Crippen LogP contribution in [0.25, 0.3) is 0 Å². The Hall–Kier alpha value is -0.530. The summed E-state index contributed by atoms with van der Waals surface area (Å²) in [6, 6.07) is 0. The normalized spacial score (nSPS) is 29.2. The van der Waals surface area contributed by atoms with Crippen molar-refractivity contribution < 1.29 is 9.90 Å². The second-order valence-electron chi connectivity index (χ2n) is 7.35. The van der Waals surface area contributed by atoms with Gasteiger partial charge in [0.05, 0.1) is 5.41 Å². The lowest BCUT2D eigenvalue weighted by molar-refractivity contribution is -0.152. The van der Waals surface area contributed by atoms with Gasteiger partial charge in [-0.3, -0.25) is 4.79 Å². The molecule has 0 spiro atoms. The van der Waals surface area contributed by atoms with Gasteiger partial charge >= 0.3 is 5.97 Å². The highest BCUT2D eigenvalue weighted by atomic mass is 16.4. The van der Waals surface area contributed by atoms with Crippen LogP contribution in [0.2, 0.25) is 0 Å². The van der Waals surface area contributed by atoms with Gasteiger partial charge in [0.2, 0.25) is 0 Å². The molecular weight excluding hydrogens is 224 g/mol. The molecule has 1 rings (SSSR count). The molecule has 0 aliphatic heterocycles. The highest BCUT2D eigenvalue weighted by Crippen LogP contribution is 2.44. The van der Waals surface area contributed by atoms with Gasteiger partial charge in [0.1, 0.15) is 0 Å². The molecule has 106 valence electrons. The Morgan fingerprint density at radius 3 is 2.22 bits per heavy atom. The van der Waals surface area contributed by atoms with Crippen LogP contribution < -0.4 is 0 Å². The number of carbonyl (C=O) groups is 1. The van der Waals surface area contributed by atoms with Crippen LogP contribution in [0.15, 0.2) is 0 Å². The van der Waals surface area contributed by atoms with E-state index in [1.165, 1.54) is 6.42 Å². The number of hydrogen-bond acceptors (Lipinski definition) is 1. The van der Waals surface area contributed by atoms with Crippen LogP contribution in [-0.2, 0) is 4.79 Å². The second-order valence-corrected chi connectivity index (χ2v) is 7.35. The van der Waals surface area contributed by atoms with E-state index in [1.807, 2.05) is 0 Å². The standard InChI is InChI=1S/C16H30O2/c1-5-13-7-11-16(12-8-13,14(17)18)10-6-9-15(2,3)4/h13H,5-12H2,1-4H3,(H,17,18). The van der Waals surface area contributed by atoms with Crippen LogP contribution >= 0.6 is 0 Å². The topological polar surface area (TPSA) is 37.3 Å². The Morgan fingerprint density at radius 1 is 1.28 bits per heavy atom. The molecule has 0 unspecified atom stereocenters. The Morgan fingerprint density at radius 2 is 1.83 bits per heavy atom. The maximum absolute atomic E-state index is 11.6. The van der Waals surface area contributed by atoms with Crippen molar-refractivity contribution in [2.24, 2.45) is 16.7 Å². The minimum Gasteiger partial charge on any atom is -0.481 e. The number of carboxylic acids is 1. The molecule has 0 aromatic rings. The summed E-state index contributed by atoms with van der Waals surface area (Å²) in [5.41, 5.74) is -0.0861. The van der Waals surface area contributed by atoms with E-state index in [-0.39, 0.29) is 0 Å². The first-order chi connectivity index (χ1) is 8.29. The van der Waals surface area contributed by atoms with Gasteiger partial charge in [-0.1, -0.05) is 40.5 Å². The van der Waals surface area contributed by atoms with Crippen molar-refractivity contribution in [1.82, 2.24) is 0 Å². The zero-order valence-electron chi connectivity index (χ0n) is 12.6. The Bertz CT molecular complexity index is 267. The summed E-state index contributed by atoms with van der Waals surface area (Å²) in [5, 5.41) is 9.58. The number of aliphatic carboxylic acids is 1. The van der Waals surface area contributed by atoms with Crippen LogP contribution in [0.5, 0.6) is 0 Å². The van der Waals surface area contributed by atoms with Gasteiger partial charge in [0.15, 0.2) is 0 Å². The molecule has 0 atom stereocenters. The van der Waals surface area contributed by atoms with Crippen LogP contribution in [0.3, 0.4) is 0 Å². The van der Waals surface area contributed by atoms with Crippen molar-refractivity contribution in [1.29, 1.82) is 0 Å². The van der Waals surface area contributed by atoms with E-state index >= 15 is 0 Å². The fourth-order valence-corrected chi connectivity index (χ4v) is 3.17. The average molecular weight is 254 g/mol. The fourth-order valence-electron chi connectivity index (χ4n) is 3.17. The first-order valence-corrected chi connectivity index (χ1v) is 7.52. The lowest BCUT2D eigenvalue weighted by Gasteiger charge is -2.37. The summed E-state index contributed by atoms with van der Waals surface area (Å²) in [4.78, 5) is 11.6. The SMILES string of the molecule is CCC1CCC(CCCC(C)(C)C)(C(=O)O)CC1. The molecule has 0 bridgehead atoms. The summed E-state index contributed by atoms with van der Waals surface area (Å²) in [6.07, 6.45) is 8.26. The average Bonchev–Trinajstić information content (AvgIpc) is 2.28. The maximum atomic E-state index is 11.6. The van der Waals surface area contributed by atoms with E-state index in [2.05, 4.69) is 27.7 Å². The van der Waals surface area contributed by atoms with Crippen molar-refractivity contribution in [2.45, 2.75) is 79.1 Å². The van der Waals surface area contributed by atoms with Gasteiger partial charge in [-0.25, -0.2) is 0 Å². The van der Waals surface area contributed by atoms with Crippen molar-refractivity contribution in [2.75, 3.05) is 0 Å². The first-order valence-electron chi connectivity index (χ1n) is 7.52. The van der Waals surface area contributed by atoms with Crippen molar-refractivity contribution in [3.05, 3.63) is 0 Å². The molecule has 0 heterocycles. The summed E-state index contributed by atoms with van der Waals surface area (Å²) in [6.45, 7) is 8.91. The van der Waals surface area contributed by atoms with E-state index in [0.717, 1.165) is 50.9 Å². The molecule has 0 aromatic carbocycles. The molecule has 2 heteroatoms. The van der Waals surface area contributed by atoms with Crippen LogP contribution in [0.4, 0.5) is 0 Å². The largest absolute Gasteiger partial charge is 0.481 e. The Labute approximate surface area is 112 Å². The molecule has 1 aliphatic rings. The zero-order valence-corrected chi connectivity index (χ0v) is 12.6. The molecule has 1 saturated carbocycles. The molecule has 1 N–H and O–H groups in total. The molecule has 0 saturated heterocycles. The van der Waals surface area contributed by atoms with Gasteiger partial charge in [-0.15, -0.1) is 0 Å². The van der Waals surface area contributed by atoms with Crippen molar-refractivity contribution >= 4 is 5.97 Å². The predicted molar refractivity (Wildman–Crippen MR) is 75.6 cm³/mol. The van der Waals surface area contributed by atoms with E-state index in [1.54, 1.807) is 0 Å². The third-order valence-corrected chi connectivity index (χ3v) is 4.68. The Balaban J connectivity index is 2.53. The second kappa shape index (κ2) is 6.08. The summed E-state index contributed by atoms with van der Waals surface area (Å²) in [7, 11) is 0. The summed E-state index contributed by atoms with van der Waals surface area (Å²) < 4.78 is 0. The van der Waals surface area contributed by atoms with E-state index in [9.17, 15) is 9.90 Å². The predicted octanol–water partition coefficient (Wildman–Crippen LogP) is 4.87. The van der Waals surface area contributed by atoms with Crippen LogP contribution in [0.1, 0.15) is 79.1 Å². The molecule has 0 radical (unpaired) electrons. The molecule has 1 fully saturated rings. The highest BCUT2D eigenvalue weighted by molar-refractivity contribution is 5.74. The summed E-state index contributed by atoms with van der Waals surface area (Å²) in [5.74, 6) is 0.214. The molecular formula is C16H30O2. The van der Waals surface area contributed by atoms with Crippen molar-refractivity contribution in [3.8, 4) is 0 Å². The number of hydrogen-bond donors (Lipinski definition) is 1. The molecule has 2 nitrogen and oxygen atoms in total. The lowest BCUT2D eigenvalue weighted by atomic mass is 9.67. The molecule has 0 amide bonds. The quantitative estimate of drug-likeness (QED) is 0.759. The molecule has 1 aliphatic carbocycles. The van der Waals surface area contributed by atoms with Crippen molar-refractivity contribution in [3.63, 3.8) is 0 Å². The maximum Gasteiger partial charge on any atom is 0.309 e. The lowest BCUT2D eigenvalue weighted by Crippen LogP contribution is -2.35.